The molecule has 0 aliphatic carbocycles. The summed E-state index contributed by atoms with van der Waals surface area (Å²) in [6.45, 7) is 13.9. The van der Waals surface area contributed by atoms with Gasteiger partial charge < -0.3 is 44.2 Å². The monoisotopic (exact) mass is 909 g/mol. The zero-order chi connectivity index (χ0) is 48.2. The Kier molecular flexibility index (Phi) is 24.8. The second-order valence-corrected chi connectivity index (χ2v) is 17.7. The molecule has 0 atom stereocenters. The summed E-state index contributed by atoms with van der Waals surface area (Å²) in [6.07, 6.45) is -2.02. The second kappa shape index (κ2) is 25.3. The number of hydrogen-bond donors (Lipinski definition) is 6. The average Bonchev–Trinajstić information content (AvgIpc) is 3.29. The number of imide groups is 1. The van der Waals surface area contributed by atoms with E-state index >= 15 is 0 Å². The minimum absolute atomic E-state index is 0.0218. The van der Waals surface area contributed by atoms with Crippen LogP contribution in [0.2, 0.25) is 0 Å². The van der Waals surface area contributed by atoms with Gasteiger partial charge in [-0.2, -0.15) is 16.8 Å². The highest BCUT2D eigenvalue weighted by Gasteiger charge is 2.33. The number of rotatable bonds is 11. The number of hydrogen-bond acceptors (Lipinski definition) is 18. The van der Waals surface area contributed by atoms with Gasteiger partial charge in [-0.25, -0.2) is 38.9 Å². The summed E-state index contributed by atoms with van der Waals surface area (Å²) in [7, 11) is -2.45. The number of carboxylic acids is 1. The zero-order valence-corrected chi connectivity index (χ0v) is 37.5. The summed E-state index contributed by atoms with van der Waals surface area (Å²) in [4.78, 5) is 108. The number of ether oxygens (including phenoxy) is 3. The van der Waals surface area contributed by atoms with Crippen LogP contribution in [0, 0.1) is 0 Å². The van der Waals surface area contributed by atoms with Gasteiger partial charge in [-0.15, -0.1) is 5.06 Å². The van der Waals surface area contributed by atoms with Crippen LogP contribution < -0.4 is 25.0 Å². The first kappa shape index (κ1) is 58.9. The third-order valence-corrected chi connectivity index (χ3v) is 6.31. The molecule has 7 amide bonds. The molecular weight excluding hydrogens is 851 g/mol. The van der Waals surface area contributed by atoms with Crippen molar-refractivity contribution in [2.75, 3.05) is 54.4 Å². The fourth-order valence-corrected chi connectivity index (χ4v) is 3.93. The van der Waals surface area contributed by atoms with E-state index in [1.54, 1.807) is 67.0 Å². The Morgan fingerprint density at radius 1 is 0.633 bits per heavy atom. The number of nitrogens with two attached hydrogens (primary N) is 2. The highest BCUT2D eigenvalue weighted by molar-refractivity contribution is 7.88. The van der Waals surface area contributed by atoms with Crippen LogP contribution in [-0.2, 0) is 68.2 Å². The van der Waals surface area contributed by atoms with Gasteiger partial charge in [0.25, 0.3) is 38.1 Å². The van der Waals surface area contributed by atoms with Gasteiger partial charge in [-0.1, -0.05) is 0 Å². The molecule has 0 saturated carbocycles. The van der Waals surface area contributed by atoms with Crippen LogP contribution in [0.15, 0.2) is 0 Å². The molecule has 1 heterocycles. The number of carboxylic acid groups (broad SMARTS) is 1. The molecule has 60 heavy (non-hydrogen) atoms. The van der Waals surface area contributed by atoms with Gasteiger partial charge >= 0.3 is 30.2 Å². The van der Waals surface area contributed by atoms with Crippen LogP contribution in [0.3, 0.4) is 0 Å². The van der Waals surface area contributed by atoms with Gasteiger partial charge in [0.15, 0.2) is 0 Å². The van der Waals surface area contributed by atoms with Gasteiger partial charge in [0.1, 0.15) is 36.4 Å². The lowest BCUT2D eigenvalue weighted by Crippen LogP contribution is -2.44. The molecule has 1 aliphatic heterocycles. The average molecular weight is 910 g/mol. The molecular formula is C31H59N9O18S2. The third kappa shape index (κ3) is 34.6. The fourth-order valence-electron chi connectivity index (χ4n) is 3.16. The van der Waals surface area contributed by atoms with E-state index in [4.69, 9.17) is 19.3 Å². The minimum Gasteiger partial charge on any atom is -0.480 e. The molecule has 1 saturated heterocycles. The molecule has 0 aromatic heterocycles. The van der Waals surface area contributed by atoms with Crippen LogP contribution in [-0.4, -0.2) is 167 Å². The van der Waals surface area contributed by atoms with Crippen LogP contribution >= 0.6 is 0 Å². The van der Waals surface area contributed by atoms with Crippen molar-refractivity contribution in [3.05, 3.63) is 0 Å². The quantitative estimate of drug-likeness (QED) is 0.0973. The number of nitrogens with zero attached hydrogens (tertiary/aromatic N) is 4. The van der Waals surface area contributed by atoms with Crippen molar-refractivity contribution >= 4 is 74.3 Å². The van der Waals surface area contributed by atoms with Crippen LogP contribution in [0.4, 0.5) is 14.4 Å². The molecule has 0 radical (unpaired) electrons. The fraction of sp³-hybridized carbons (Fsp3) is 0.710. The molecule has 8 N–H and O–H groups in total. The Bertz CT molecular complexity index is 1740. The molecule has 29 heteroatoms. The lowest BCUT2D eigenvalue weighted by atomic mass is 10.2. The van der Waals surface area contributed by atoms with Gasteiger partial charge in [-0.3, -0.25) is 24.0 Å². The molecule has 27 nitrogen and oxygen atoms in total. The largest absolute Gasteiger partial charge is 0.480 e. The Labute approximate surface area is 349 Å². The summed E-state index contributed by atoms with van der Waals surface area (Å²) in [6, 6.07) is 0. The predicted molar refractivity (Wildman–Crippen MR) is 208 cm³/mol. The second-order valence-electron chi connectivity index (χ2n) is 15.1. The summed E-state index contributed by atoms with van der Waals surface area (Å²) in [5, 5.41) is 20.4. The Morgan fingerprint density at radius 3 is 1.25 bits per heavy atom. The minimum atomic E-state index is -4.11. The first-order valence-corrected chi connectivity index (χ1v) is 20.2. The van der Waals surface area contributed by atoms with E-state index in [9.17, 15) is 60.0 Å². The number of aliphatic carboxylic acids is 1. The number of amides is 7. The van der Waals surface area contributed by atoms with Gasteiger partial charge in [-0.05, 0) is 69.4 Å². The molecule has 0 aromatic rings. The van der Waals surface area contributed by atoms with Crippen molar-refractivity contribution in [2.24, 2.45) is 10.3 Å². The summed E-state index contributed by atoms with van der Waals surface area (Å²) in [5.74, 6) is -4.67. The lowest BCUT2D eigenvalue weighted by molar-refractivity contribution is -0.197. The highest BCUT2D eigenvalue weighted by Crippen LogP contribution is 2.13. The predicted octanol–water partition coefficient (Wildman–Crippen LogP) is -1.90. The Balaban J connectivity index is -0.000000745. The number of nitrogens with one attached hydrogen (secondary N) is 3. The van der Waals surface area contributed by atoms with Gasteiger partial charge in [0.2, 0.25) is 5.91 Å². The van der Waals surface area contributed by atoms with E-state index in [2.05, 4.69) is 20.4 Å². The Hall–Kier alpha value is -5.39. The number of likely N-dealkylation sites (N-methyl/N-ethyl adjacent to an activating group) is 4. The van der Waals surface area contributed by atoms with Crippen molar-refractivity contribution in [3.63, 3.8) is 0 Å². The van der Waals surface area contributed by atoms with Crippen LogP contribution in [0.1, 0.15) is 75.2 Å². The highest BCUT2D eigenvalue weighted by atomic mass is 32.2. The summed E-state index contributed by atoms with van der Waals surface area (Å²) < 4.78 is 59.4. The van der Waals surface area contributed by atoms with Crippen molar-refractivity contribution < 1.29 is 84.1 Å². The molecule has 1 aliphatic rings. The molecule has 0 aromatic carbocycles. The van der Waals surface area contributed by atoms with Crippen LogP contribution in [0.5, 0.6) is 0 Å². The molecule has 0 unspecified atom stereocenters. The number of carbonyl (C=O) groups is 9. The first-order chi connectivity index (χ1) is 26.7. The third-order valence-electron chi connectivity index (χ3n) is 5.28. The lowest BCUT2D eigenvalue weighted by Gasteiger charge is -2.24. The standard InChI is InChI=1S/C12H18N2O6.C8H17N3O5S.C8H15NO4.C3H9N3O3S/c1-12(2,3)19-11(18)13(4)7-10(17)20-14-8(15)5-6-9(14)16;1-8(2,3)16-7(13)11(4)5-6(12)10-17(9,14)15;1-8(2,3)13-7(12)9(4)5-6(10)11;1-5-2-3(7)6-10(4,8)9/h5-7H2,1-4H3;5H2,1-4H3,(H,10,12)(H2,9,14,15);5H2,1-4H3,(H,10,11);5H,2H2,1H3,(H,6,7)(H2,4,8,9). The van der Waals surface area contributed by atoms with E-state index in [-0.39, 0.29) is 25.9 Å². The maximum atomic E-state index is 11.6. The SMILES string of the molecule is CN(CC(=O)NS(N)(=O)=O)C(=O)OC(C)(C)C.CN(CC(=O)O)C(=O)OC(C)(C)C.CN(CC(=O)ON1C(=O)CCC1=O)C(=O)OC(C)(C)C.CNCC(=O)NS(N)(=O)=O. The smallest absolute Gasteiger partial charge is 0.410 e. The summed E-state index contributed by atoms with van der Waals surface area (Å²) in [5.41, 5.74) is -1.97. The van der Waals surface area contributed by atoms with Crippen molar-refractivity contribution in [2.45, 2.75) is 92.0 Å². The van der Waals surface area contributed by atoms with E-state index in [0.717, 1.165) is 14.7 Å². The number of hydroxylamine groups is 2. The van der Waals surface area contributed by atoms with Crippen molar-refractivity contribution in [1.82, 2.24) is 34.5 Å². The summed E-state index contributed by atoms with van der Waals surface area (Å²) >= 11 is 0. The maximum Gasteiger partial charge on any atom is 0.410 e. The van der Waals surface area contributed by atoms with Crippen molar-refractivity contribution in [1.29, 1.82) is 0 Å². The van der Waals surface area contributed by atoms with Gasteiger partial charge in [0, 0.05) is 34.0 Å². The van der Waals surface area contributed by atoms with E-state index < -0.39 is 104 Å². The molecule has 1 fully saturated rings. The zero-order valence-electron chi connectivity index (χ0n) is 35.9. The van der Waals surface area contributed by atoms with Crippen LogP contribution in [0.25, 0.3) is 0 Å². The van der Waals surface area contributed by atoms with E-state index in [1.807, 2.05) is 0 Å². The molecule has 348 valence electrons. The Morgan fingerprint density at radius 2 is 0.950 bits per heavy atom. The first-order valence-electron chi connectivity index (χ1n) is 17.1. The number of carbonyl (C=O) groups excluding carboxylic acids is 8. The topological polar surface area (TPSA) is 380 Å². The normalized spacial score (nSPS) is 12.6. The molecule has 1 rings (SSSR count). The van der Waals surface area contributed by atoms with Gasteiger partial charge in [0.05, 0.1) is 6.54 Å². The van der Waals surface area contributed by atoms with Crippen molar-refractivity contribution in [3.8, 4) is 0 Å². The molecule has 0 bridgehead atoms. The molecule has 0 spiro atoms. The van der Waals surface area contributed by atoms with E-state index in [1.165, 1.54) is 32.9 Å². The van der Waals surface area contributed by atoms with E-state index in [0.29, 0.717) is 5.06 Å². The maximum absolute atomic E-state index is 11.6.